The second-order valence-corrected chi connectivity index (χ2v) is 7.68. The number of nitrogens with zero attached hydrogens (tertiary/aromatic N) is 3. The number of aromatic nitrogens is 2. The summed E-state index contributed by atoms with van der Waals surface area (Å²) in [6.07, 6.45) is 5.55. The van der Waals surface area contributed by atoms with Crippen LogP contribution in [-0.4, -0.2) is 41.7 Å². The predicted octanol–water partition coefficient (Wildman–Crippen LogP) is 4.10. The van der Waals surface area contributed by atoms with Crippen LogP contribution in [0.15, 0.2) is 67.0 Å². The first-order valence-electron chi connectivity index (χ1n) is 11.0. The van der Waals surface area contributed by atoms with Crippen molar-refractivity contribution in [2.75, 3.05) is 29.9 Å². The standard InChI is InChI=1S/C25H28N4O3/c1-2-31-21-12-6-7-13-22(21)32-20-11-8-14-29(18-20)24-17-26-16-23(27-24)28-25(30)15-19-9-4-3-5-10-19/h3-7,9-10,12-13,16-17,20H,2,8,11,14-15,18H2,1H3,(H,27,28,30)/t20-/m1/s1. The molecule has 1 saturated heterocycles. The second-order valence-electron chi connectivity index (χ2n) is 7.68. The molecule has 0 saturated carbocycles. The average molecular weight is 433 g/mol. The van der Waals surface area contributed by atoms with Crippen molar-refractivity contribution in [3.8, 4) is 11.5 Å². The molecular formula is C25H28N4O3. The lowest BCUT2D eigenvalue weighted by Gasteiger charge is -2.33. The van der Waals surface area contributed by atoms with E-state index in [-0.39, 0.29) is 12.0 Å². The number of hydrogen-bond donors (Lipinski definition) is 1. The maximum absolute atomic E-state index is 12.4. The Morgan fingerprint density at radius 3 is 2.69 bits per heavy atom. The lowest BCUT2D eigenvalue weighted by atomic mass is 10.1. The molecule has 0 aliphatic carbocycles. The van der Waals surface area contributed by atoms with E-state index in [1.807, 2.05) is 61.5 Å². The molecule has 1 aliphatic heterocycles. The van der Waals surface area contributed by atoms with Gasteiger partial charge in [0.05, 0.1) is 32.0 Å². The van der Waals surface area contributed by atoms with Crippen LogP contribution in [0.3, 0.4) is 0 Å². The highest BCUT2D eigenvalue weighted by Crippen LogP contribution is 2.29. The monoisotopic (exact) mass is 432 g/mol. The number of ether oxygens (including phenoxy) is 2. The average Bonchev–Trinajstić information content (AvgIpc) is 2.81. The third-order valence-corrected chi connectivity index (χ3v) is 5.24. The first-order valence-corrected chi connectivity index (χ1v) is 11.0. The van der Waals surface area contributed by atoms with Gasteiger partial charge >= 0.3 is 0 Å². The Morgan fingerprint density at radius 2 is 1.88 bits per heavy atom. The summed E-state index contributed by atoms with van der Waals surface area (Å²) in [5.74, 6) is 2.58. The quantitative estimate of drug-likeness (QED) is 0.577. The SMILES string of the molecule is CCOc1ccccc1O[C@@H]1CCCN(c2cncc(NC(=O)Cc3ccccc3)n2)C1. The number of anilines is 2. The van der Waals surface area contributed by atoms with Gasteiger partial charge in [-0.25, -0.2) is 4.98 Å². The first-order chi connectivity index (χ1) is 15.7. The van der Waals surface area contributed by atoms with E-state index in [1.165, 1.54) is 0 Å². The van der Waals surface area contributed by atoms with Crippen LogP contribution in [0, 0.1) is 0 Å². The Hall–Kier alpha value is -3.61. The Balaban J connectivity index is 1.39. The topological polar surface area (TPSA) is 76.6 Å². The Labute approximate surface area is 188 Å². The van der Waals surface area contributed by atoms with Gasteiger partial charge < -0.3 is 19.7 Å². The van der Waals surface area contributed by atoms with E-state index in [2.05, 4.69) is 20.2 Å². The summed E-state index contributed by atoms with van der Waals surface area (Å²) < 4.78 is 12.0. The van der Waals surface area contributed by atoms with Gasteiger partial charge in [0.25, 0.3) is 0 Å². The van der Waals surface area contributed by atoms with Gasteiger partial charge in [-0.05, 0) is 37.5 Å². The summed E-state index contributed by atoms with van der Waals surface area (Å²) in [5, 5.41) is 2.86. The normalized spacial score (nSPS) is 15.8. The van der Waals surface area contributed by atoms with E-state index in [4.69, 9.17) is 9.47 Å². The fraction of sp³-hybridized carbons (Fsp3) is 0.320. The number of carbonyl (C=O) groups excluding carboxylic acids is 1. The maximum atomic E-state index is 12.4. The summed E-state index contributed by atoms with van der Waals surface area (Å²) in [4.78, 5) is 23.4. The fourth-order valence-corrected chi connectivity index (χ4v) is 3.78. The smallest absolute Gasteiger partial charge is 0.229 e. The number of hydrogen-bond acceptors (Lipinski definition) is 6. The minimum Gasteiger partial charge on any atom is -0.490 e. The summed E-state index contributed by atoms with van der Waals surface area (Å²) in [6.45, 7) is 4.11. The van der Waals surface area contributed by atoms with Crippen LogP contribution >= 0.6 is 0 Å². The number of para-hydroxylation sites is 2. The molecule has 0 radical (unpaired) electrons. The minimum absolute atomic E-state index is 0.0171. The molecule has 0 bridgehead atoms. The minimum atomic E-state index is -0.116. The van der Waals surface area contributed by atoms with Crippen LogP contribution in [0.25, 0.3) is 0 Å². The Kier molecular flexibility index (Phi) is 7.17. The van der Waals surface area contributed by atoms with E-state index < -0.39 is 0 Å². The number of benzene rings is 2. The molecular weight excluding hydrogens is 404 g/mol. The summed E-state index contributed by atoms with van der Waals surface area (Å²) >= 11 is 0. The molecule has 166 valence electrons. The highest BCUT2D eigenvalue weighted by atomic mass is 16.5. The summed E-state index contributed by atoms with van der Waals surface area (Å²) in [7, 11) is 0. The molecule has 4 rings (SSSR count). The van der Waals surface area contributed by atoms with Gasteiger partial charge in [-0.15, -0.1) is 0 Å². The molecule has 1 atom stereocenters. The van der Waals surface area contributed by atoms with Crippen LogP contribution in [0.2, 0.25) is 0 Å². The largest absolute Gasteiger partial charge is 0.490 e. The van der Waals surface area contributed by atoms with Gasteiger partial charge in [0.2, 0.25) is 5.91 Å². The number of piperidine rings is 1. The van der Waals surface area contributed by atoms with Crippen molar-refractivity contribution in [2.45, 2.75) is 32.3 Å². The van der Waals surface area contributed by atoms with E-state index >= 15 is 0 Å². The second kappa shape index (κ2) is 10.6. The van der Waals surface area contributed by atoms with Gasteiger partial charge in [-0.2, -0.15) is 0 Å². The molecule has 0 unspecified atom stereocenters. The molecule has 7 nitrogen and oxygen atoms in total. The highest BCUT2D eigenvalue weighted by molar-refractivity contribution is 5.91. The van der Waals surface area contributed by atoms with Crippen molar-refractivity contribution in [1.29, 1.82) is 0 Å². The number of nitrogens with one attached hydrogen (secondary N) is 1. The molecule has 1 N–H and O–H groups in total. The summed E-state index contributed by atoms with van der Waals surface area (Å²) in [5.41, 5.74) is 0.956. The van der Waals surface area contributed by atoms with Gasteiger partial charge in [0.15, 0.2) is 17.3 Å². The molecule has 3 aromatic rings. The van der Waals surface area contributed by atoms with Gasteiger partial charge in [-0.3, -0.25) is 9.78 Å². The Bertz CT molecular complexity index is 1030. The zero-order valence-corrected chi connectivity index (χ0v) is 18.2. The zero-order valence-electron chi connectivity index (χ0n) is 18.2. The molecule has 1 aromatic heterocycles. The molecule has 1 amide bonds. The lowest BCUT2D eigenvalue weighted by Crippen LogP contribution is -2.41. The molecule has 7 heteroatoms. The van der Waals surface area contributed by atoms with Gasteiger partial charge in [0.1, 0.15) is 11.9 Å². The van der Waals surface area contributed by atoms with Crippen molar-refractivity contribution in [3.63, 3.8) is 0 Å². The van der Waals surface area contributed by atoms with E-state index in [9.17, 15) is 4.79 Å². The van der Waals surface area contributed by atoms with Gasteiger partial charge in [0, 0.05) is 6.54 Å². The van der Waals surface area contributed by atoms with Crippen LogP contribution in [-0.2, 0) is 11.2 Å². The highest BCUT2D eigenvalue weighted by Gasteiger charge is 2.24. The first kappa shape index (κ1) is 21.6. The number of amides is 1. The van der Waals surface area contributed by atoms with Crippen LogP contribution in [0.1, 0.15) is 25.3 Å². The van der Waals surface area contributed by atoms with Crippen LogP contribution in [0.4, 0.5) is 11.6 Å². The van der Waals surface area contributed by atoms with Crippen molar-refractivity contribution in [1.82, 2.24) is 9.97 Å². The number of carbonyl (C=O) groups is 1. The number of rotatable bonds is 8. The molecule has 2 aromatic carbocycles. The molecule has 2 heterocycles. The third kappa shape index (κ3) is 5.75. The molecule has 32 heavy (non-hydrogen) atoms. The van der Waals surface area contributed by atoms with Crippen molar-refractivity contribution in [3.05, 3.63) is 72.6 Å². The Morgan fingerprint density at radius 1 is 1.09 bits per heavy atom. The van der Waals surface area contributed by atoms with Crippen molar-refractivity contribution < 1.29 is 14.3 Å². The van der Waals surface area contributed by atoms with Crippen LogP contribution < -0.4 is 19.7 Å². The third-order valence-electron chi connectivity index (χ3n) is 5.24. The maximum Gasteiger partial charge on any atom is 0.229 e. The molecule has 0 spiro atoms. The van der Waals surface area contributed by atoms with Crippen molar-refractivity contribution >= 4 is 17.5 Å². The molecule has 1 aliphatic rings. The molecule has 1 fully saturated rings. The van der Waals surface area contributed by atoms with Crippen molar-refractivity contribution in [2.24, 2.45) is 0 Å². The van der Waals surface area contributed by atoms with Crippen LogP contribution in [0.5, 0.6) is 11.5 Å². The van der Waals surface area contributed by atoms with Gasteiger partial charge in [-0.1, -0.05) is 42.5 Å². The summed E-state index contributed by atoms with van der Waals surface area (Å²) in [6, 6.07) is 17.4. The zero-order chi connectivity index (χ0) is 22.2. The van der Waals surface area contributed by atoms with E-state index in [1.54, 1.807) is 12.4 Å². The van der Waals surface area contributed by atoms with E-state index in [0.29, 0.717) is 25.4 Å². The van der Waals surface area contributed by atoms with E-state index in [0.717, 1.165) is 42.3 Å². The fourth-order valence-electron chi connectivity index (χ4n) is 3.78. The predicted molar refractivity (Wildman–Crippen MR) is 124 cm³/mol. The lowest BCUT2D eigenvalue weighted by molar-refractivity contribution is -0.115.